The fraction of sp³-hybridized carbons (Fsp3) is 0.857. The van der Waals surface area contributed by atoms with Crippen LogP contribution in [-0.2, 0) is 4.79 Å². The summed E-state index contributed by atoms with van der Waals surface area (Å²) in [5.74, 6) is -0.311. The lowest BCUT2D eigenvalue weighted by Gasteiger charge is -2.39. The topological polar surface area (TPSA) is 86.9 Å². The van der Waals surface area contributed by atoms with Crippen LogP contribution in [0.1, 0.15) is 32.6 Å². The van der Waals surface area contributed by atoms with Gasteiger partial charge in [-0.2, -0.15) is 0 Å². The zero-order chi connectivity index (χ0) is 14.8. The van der Waals surface area contributed by atoms with E-state index in [2.05, 4.69) is 0 Å². The molecule has 0 aromatic carbocycles. The first-order chi connectivity index (χ1) is 9.52. The maximum atomic E-state index is 12.4. The van der Waals surface area contributed by atoms with Crippen LogP contribution < -0.4 is 5.73 Å². The number of hydrogen-bond acceptors (Lipinski definition) is 3. The molecule has 114 valence electrons. The second-order valence-electron chi connectivity index (χ2n) is 6.05. The molecular formula is C14H25N3O3. The van der Waals surface area contributed by atoms with Crippen LogP contribution in [0.3, 0.4) is 0 Å². The van der Waals surface area contributed by atoms with E-state index in [0.717, 1.165) is 19.5 Å². The zero-order valence-corrected chi connectivity index (χ0v) is 12.2. The van der Waals surface area contributed by atoms with Crippen LogP contribution in [0.25, 0.3) is 0 Å². The monoisotopic (exact) mass is 283 g/mol. The number of nitrogens with two attached hydrogens (primary N) is 1. The van der Waals surface area contributed by atoms with Gasteiger partial charge in [0.2, 0.25) is 0 Å². The number of piperidine rings is 1. The Hall–Kier alpha value is -1.30. The summed E-state index contributed by atoms with van der Waals surface area (Å²) in [4.78, 5) is 27.4. The van der Waals surface area contributed by atoms with Crippen molar-refractivity contribution >= 4 is 12.0 Å². The molecule has 2 fully saturated rings. The fourth-order valence-electron chi connectivity index (χ4n) is 3.24. The van der Waals surface area contributed by atoms with E-state index in [-0.39, 0.29) is 6.03 Å². The minimum Gasteiger partial charge on any atom is -0.481 e. The maximum Gasteiger partial charge on any atom is 0.320 e. The third-order valence-electron chi connectivity index (χ3n) is 5.01. The van der Waals surface area contributed by atoms with Gasteiger partial charge in [-0.05, 0) is 38.1 Å². The van der Waals surface area contributed by atoms with Crippen LogP contribution in [0.4, 0.5) is 4.79 Å². The average molecular weight is 283 g/mol. The van der Waals surface area contributed by atoms with Crippen molar-refractivity contribution in [2.24, 2.45) is 17.1 Å². The lowest BCUT2D eigenvalue weighted by Crippen LogP contribution is -2.50. The van der Waals surface area contributed by atoms with E-state index in [9.17, 15) is 14.7 Å². The highest BCUT2D eigenvalue weighted by Gasteiger charge is 2.41. The highest BCUT2D eigenvalue weighted by molar-refractivity contribution is 5.77. The molecule has 0 aromatic rings. The third kappa shape index (κ3) is 2.75. The Kier molecular flexibility index (Phi) is 4.52. The van der Waals surface area contributed by atoms with E-state index in [1.54, 1.807) is 4.90 Å². The van der Waals surface area contributed by atoms with Gasteiger partial charge in [-0.25, -0.2) is 4.79 Å². The molecular weight excluding hydrogens is 258 g/mol. The fourth-order valence-corrected chi connectivity index (χ4v) is 3.24. The Morgan fingerprint density at radius 1 is 1.25 bits per heavy atom. The van der Waals surface area contributed by atoms with Crippen LogP contribution in [0.5, 0.6) is 0 Å². The van der Waals surface area contributed by atoms with Crippen LogP contribution in [0.2, 0.25) is 0 Å². The van der Waals surface area contributed by atoms with Crippen LogP contribution >= 0.6 is 0 Å². The Bertz CT molecular complexity index is 378. The normalized spacial score (nSPS) is 25.8. The summed E-state index contributed by atoms with van der Waals surface area (Å²) < 4.78 is 0. The van der Waals surface area contributed by atoms with Gasteiger partial charge < -0.3 is 20.6 Å². The molecule has 0 spiro atoms. The van der Waals surface area contributed by atoms with Crippen molar-refractivity contribution < 1.29 is 14.7 Å². The van der Waals surface area contributed by atoms with Gasteiger partial charge >= 0.3 is 12.0 Å². The number of hydrogen-bond donors (Lipinski definition) is 2. The van der Waals surface area contributed by atoms with Gasteiger partial charge in [0.05, 0.1) is 5.41 Å². The van der Waals surface area contributed by atoms with Crippen molar-refractivity contribution in [2.75, 3.05) is 32.7 Å². The average Bonchev–Trinajstić information content (AvgIpc) is 2.95. The number of likely N-dealkylation sites (tertiary alicyclic amines) is 2. The Labute approximate surface area is 119 Å². The summed E-state index contributed by atoms with van der Waals surface area (Å²) >= 11 is 0. The van der Waals surface area contributed by atoms with Crippen LogP contribution in [-0.4, -0.2) is 59.6 Å². The molecule has 1 unspecified atom stereocenters. The van der Waals surface area contributed by atoms with Crippen molar-refractivity contribution in [3.63, 3.8) is 0 Å². The van der Waals surface area contributed by atoms with Gasteiger partial charge in [-0.1, -0.05) is 6.92 Å². The standard InChI is InChI=1S/C14H25N3O3/c1-2-14(12(18)19)4-7-16(8-5-14)13(20)17-6-3-11(9-15)10-17/h11H,2-10,15H2,1H3,(H,18,19). The first-order valence-electron chi connectivity index (χ1n) is 7.49. The number of carbonyl (C=O) groups excluding carboxylic acids is 1. The van der Waals surface area contributed by atoms with E-state index in [1.165, 1.54) is 0 Å². The first kappa shape index (κ1) is 15.1. The molecule has 2 aliphatic rings. The molecule has 2 saturated heterocycles. The van der Waals surface area contributed by atoms with Gasteiger partial charge in [0.15, 0.2) is 0 Å². The Morgan fingerprint density at radius 2 is 1.90 bits per heavy atom. The van der Waals surface area contributed by atoms with Crippen molar-refractivity contribution in [1.82, 2.24) is 9.80 Å². The lowest BCUT2D eigenvalue weighted by atomic mass is 9.76. The van der Waals surface area contributed by atoms with Crippen molar-refractivity contribution in [1.29, 1.82) is 0 Å². The predicted octanol–water partition coefficient (Wildman–Crippen LogP) is 0.964. The van der Waals surface area contributed by atoms with Crippen molar-refractivity contribution in [2.45, 2.75) is 32.6 Å². The summed E-state index contributed by atoms with van der Waals surface area (Å²) in [6.45, 7) is 5.14. The number of rotatable bonds is 3. The summed E-state index contributed by atoms with van der Waals surface area (Å²) in [5.41, 5.74) is 5.01. The molecule has 2 heterocycles. The van der Waals surface area contributed by atoms with Gasteiger partial charge in [0, 0.05) is 26.2 Å². The highest BCUT2D eigenvalue weighted by Crippen LogP contribution is 2.35. The van der Waals surface area contributed by atoms with Crippen molar-refractivity contribution in [3.05, 3.63) is 0 Å². The molecule has 2 rings (SSSR count). The molecule has 1 atom stereocenters. The molecule has 3 N–H and O–H groups in total. The molecule has 2 aliphatic heterocycles. The number of nitrogens with zero attached hydrogens (tertiary/aromatic N) is 2. The smallest absolute Gasteiger partial charge is 0.320 e. The molecule has 6 heteroatoms. The summed E-state index contributed by atoms with van der Waals surface area (Å²) in [5, 5.41) is 9.36. The second-order valence-corrected chi connectivity index (χ2v) is 6.05. The SMILES string of the molecule is CCC1(C(=O)O)CCN(C(=O)N2CCC(CN)C2)CC1. The molecule has 0 saturated carbocycles. The maximum absolute atomic E-state index is 12.4. The van der Waals surface area contributed by atoms with Gasteiger partial charge in [-0.15, -0.1) is 0 Å². The molecule has 0 bridgehead atoms. The molecule has 0 radical (unpaired) electrons. The summed E-state index contributed by atoms with van der Waals surface area (Å²) in [6, 6.07) is 0.0519. The number of carboxylic acid groups (broad SMARTS) is 1. The minimum atomic E-state index is -0.725. The first-order valence-corrected chi connectivity index (χ1v) is 7.49. The molecule has 20 heavy (non-hydrogen) atoms. The van der Waals surface area contributed by atoms with E-state index < -0.39 is 11.4 Å². The number of amides is 2. The molecule has 2 amide bonds. The number of urea groups is 1. The van der Waals surface area contributed by atoms with Crippen molar-refractivity contribution in [3.8, 4) is 0 Å². The van der Waals surface area contributed by atoms with E-state index in [4.69, 9.17) is 5.73 Å². The number of carbonyl (C=O) groups is 2. The summed E-state index contributed by atoms with van der Waals surface area (Å²) in [6.07, 6.45) is 2.71. The third-order valence-corrected chi connectivity index (χ3v) is 5.01. The number of aliphatic carboxylic acids is 1. The van der Waals surface area contributed by atoms with E-state index in [1.807, 2.05) is 11.8 Å². The second kappa shape index (κ2) is 5.99. The number of carboxylic acids is 1. The van der Waals surface area contributed by atoms with Crippen LogP contribution in [0.15, 0.2) is 0 Å². The predicted molar refractivity (Wildman–Crippen MR) is 75.3 cm³/mol. The van der Waals surface area contributed by atoms with Gasteiger partial charge in [-0.3, -0.25) is 4.79 Å². The van der Waals surface area contributed by atoms with E-state index in [0.29, 0.717) is 44.8 Å². The summed E-state index contributed by atoms with van der Waals surface area (Å²) in [7, 11) is 0. The van der Waals surface area contributed by atoms with Gasteiger partial charge in [0.1, 0.15) is 0 Å². The molecule has 0 aliphatic carbocycles. The Balaban J connectivity index is 1.90. The Morgan fingerprint density at radius 3 is 2.35 bits per heavy atom. The zero-order valence-electron chi connectivity index (χ0n) is 12.2. The molecule has 0 aromatic heterocycles. The lowest BCUT2D eigenvalue weighted by molar-refractivity contribution is -0.152. The van der Waals surface area contributed by atoms with Crippen LogP contribution in [0, 0.1) is 11.3 Å². The molecule has 6 nitrogen and oxygen atoms in total. The highest BCUT2D eigenvalue weighted by atomic mass is 16.4. The largest absolute Gasteiger partial charge is 0.481 e. The quantitative estimate of drug-likeness (QED) is 0.808. The van der Waals surface area contributed by atoms with Gasteiger partial charge in [0.25, 0.3) is 0 Å². The minimum absolute atomic E-state index is 0.0519. The van der Waals surface area contributed by atoms with E-state index >= 15 is 0 Å².